The summed E-state index contributed by atoms with van der Waals surface area (Å²) in [6.45, 7) is 20.5. The second-order valence-electron chi connectivity index (χ2n) is 14.8. The number of aliphatic hydroxyl groups is 1. The number of hydrogen-bond acceptors (Lipinski definition) is 1. The van der Waals surface area contributed by atoms with Gasteiger partial charge in [0.1, 0.15) is 0 Å². The van der Waals surface area contributed by atoms with Crippen LogP contribution in [0, 0.1) is 62.6 Å². The van der Waals surface area contributed by atoms with Crippen molar-refractivity contribution in [2.45, 2.75) is 113 Å². The van der Waals surface area contributed by atoms with Crippen molar-refractivity contribution >= 4 is 0 Å². The lowest BCUT2D eigenvalue weighted by Crippen LogP contribution is -2.66. The Morgan fingerprint density at radius 2 is 1.45 bits per heavy atom. The van der Waals surface area contributed by atoms with Gasteiger partial charge in [0.25, 0.3) is 0 Å². The number of allylic oxidation sites excluding steroid dienone is 2. The minimum Gasteiger partial charge on any atom is -0.393 e. The van der Waals surface area contributed by atoms with Crippen LogP contribution in [0.25, 0.3) is 0 Å². The van der Waals surface area contributed by atoms with Gasteiger partial charge >= 0.3 is 0 Å². The number of fused-ring (bicyclic) bond motifs is 7. The first-order chi connectivity index (χ1) is 14.3. The summed E-state index contributed by atoms with van der Waals surface area (Å²) in [6.07, 6.45) is 15.9. The maximum atomic E-state index is 10.9. The first-order valence-electron chi connectivity index (χ1n) is 13.7. The van der Waals surface area contributed by atoms with E-state index in [0.717, 1.165) is 30.1 Å². The molecule has 0 bridgehead atoms. The minimum atomic E-state index is -0.134. The fourth-order valence-electron chi connectivity index (χ4n) is 10.9. The van der Waals surface area contributed by atoms with Crippen LogP contribution in [-0.2, 0) is 0 Å². The van der Waals surface area contributed by atoms with Gasteiger partial charge in [-0.2, -0.15) is 0 Å². The van der Waals surface area contributed by atoms with E-state index in [1.54, 1.807) is 0 Å². The Kier molecular flexibility index (Phi) is 4.82. The third-order valence-corrected chi connectivity index (χ3v) is 13.5. The highest BCUT2D eigenvalue weighted by atomic mass is 16.3. The lowest BCUT2D eigenvalue weighted by molar-refractivity contribution is -0.219. The van der Waals surface area contributed by atoms with E-state index < -0.39 is 0 Å². The van der Waals surface area contributed by atoms with Crippen LogP contribution in [0.4, 0.5) is 0 Å². The van der Waals surface area contributed by atoms with E-state index in [2.05, 4.69) is 67.5 Å². The smallest absolute Gasteiger partial charge is 0.0594 e. The van der Waals surface area contributed by atoms with Crippen LogP contribution in [0.3, 0.4) is 0 Å². The van der Waals surface area contributed by atoms with E-state index in [1.165, 1.54) is 44.9 Å². The van der Waals surface area contributed by atoms with Gasteiger partial charge in [0.2, 0.25) is 0 Å². The number of aliphatic hydroxyl groups excluding tert-OH is 1. The molecule has 0 aromatic heterocycles. The molecule has 0 aromatic rings. The molecule has 31 heavy (non-hydrogen) atoms. The van der Waals surface area contributed by atoms with Crippen LogP contribution in [-0.4, -0.2) is 11.2 Å². The third kappa shape index (κ3) is 2.65. The van der Waals surface area contributed by atoms with Crippen molar-refractivity contribution in [1.82, 2.24) is 0 Å². The van der Waals surface area contributed by atoms with Gasteiger partial charge in [-0.25, -0.2) is 0 Å². The van der Waals surface area contributed by atoms with Gasteiger partial charge in [0.15, 0.2) is 0 Å². The van der Waals surface area contributed by atoms with Gasteiger partial charge in [-0.3, -0.25) is 0 Å². The van der Waals surface area contributed by atoms with Crippen molar-refractivity contribution in [3.63, 3.8) is 0 Å². The molecule has 0 aliphatic heterocycles. The molecule has 176 valence electrons. The average Bonchev–Trinajstić information content (AvgIpc) is 2.69. The highest BCUT2D eigenvalue weighted by Gasteiger charge is 2.68. The summed E-state index contributed by atoms with van der Waals surface area (Å²) < 4.78 is 0. The highest BCUT2D eigenvalue weighted by molar-refractivity contribution is 5.26. The molecule has 1 nitrogen and oxygen atoms in total. The Morgan fingerprint density at radius 1 is 0.742 bits per heavy atom. The molecule has 0 radical (unpaired) electrons. The van der Waals surface area contributed by atoms with Crippen LogP contribution >= 0.6 is 0 Å². The summed E-state index contributed by atoms with van der Waals surface area (Å²) in [5.74, 6) is 4.59. The summed E-state index contributed by atoms with van der Waals surface area (Å²) in [4.78, 5) is 0. The Balaban J connectivity index is 1.59. The van der Waals surface area contributed by atoms with E-state index in [1.807, 2.05) is 0 Å². The highest BCUT2D eigenvalue weighted by Crippen LogP contribution is 2.75. The molecule has 5 rings (SSSR count). The van der Waals surface area contributed by atoms with Gasteiger partial charge in [0, 0.05) is 0 Å². The Hall–Kier alpha value is -0.300. The molecule has 0 amide bonds. The molecule has 0 saturated heterocycles. The summed E-state index contributed by atoms with van der Waals surface area (Å²) in [5, 5.41) is 10.9. The standard InChI is InChI=1S/C30H50O/c1-19-11-14-27(5)17-18-29(7)21(25(27)20(19)2)9-10-23-28(6)15-13-24(31)26(3,4)22(28)12-16-30(23,29)8/h9-10,19-25,31H,11-18H2,1-8H3/t19-,20+,21-,22+,23-,24-,25+,27+,28-,29+,30+/m0/s1. The minimum absolute atomic E-state index is 0.0401. The van der Waals surface area contributed by atoms with Gasteiger partial charge < -0.3 is 5.11 Å². The van der Waals surface area contributed by atoms with Gasteiger partial charge in [-0.1, -0.05) is 67.5 Å². The number of rotatable bonds is 0. The zero-order valence-electron chi connectivity index (χ0n) is 21.8. The molecule has 0 unspecified atom stereocenters. The molecule has 0 heterocycles. The predicted molar refractivity (Wildman–Crippen MR) is 131 cm³/mol. The lowest BCUT2D eigenvalue weighted by atomic mass is 9.32. The Labute approximate surface area is 192 Å². The van der Waals surface area contributed by atoms with E-state index >= 15 is 0 Å². The molecule has 1 heteroatoms. The SMILES string of the molecule is C[C@H]1[C@@H]2[C@@H]3C=C[C@H]4[C@@]5(C)CC[C@H](O)C(C)(C)[C@H]5CC[C@@]4(C)[C@]3(C)CC[C@@]2(C)CC[C@@H]1C. The van der Waals surface area contributed by atoms with Crippen LogP contribution in [0.15, 0.2) is 12.2 Å². The average molecular weight is 427 g/mol. The van der Waals surface area contributed by atoms with Crippen molar-refractivity contribution in [1.29, 1.82) is 0 Å². The Morgan fingerprint density at radius 3 is 2.16 bits per heavy atom. The predicted octanol–water partition coefficient (Wildman–Crippen LogP) is 7.88. The first-order valence-corrected chi connectivity index (χ1v) is 13.7. The monoisotopic (exact) mass is 426 g/mol. The third-order valence-electron chi connectivity index (χ3n) is 13.5. The zero-order valence-corrected chi connectivity index (χ0v) is 21.8. The van der Waals surface area contributed by atoms with E-state index in [9.17, 15) is 5.11 Å². The fraction of sp³-hybridized carbons (Fsp3) is 0.933. The second-order valence-corrected chi connectivity index (χ2v) is 14.8. The van der Waals surface area contributed by atoms with Crippen molar-refractivity contribution in [2.24, 2.45) is 62.6 Å². The molecule has 0 spiro atoms. The van der Waals surface area contributed by atoms with Crippen LogP contribution in [0.5, 0.6) is 0 Å². The summed E-state index contributed by atoms with van der Waals surface area (Å²) in [6, 6.07) is 0. The summed E-state index contributed by atoms with van der Waals surface area (Å²) in [7, 11) is 0. The number of hydrogen-bond donors (Lipinski definition) is 1. The fourth-order valence-corrected chi connectivity index (χ4v) is 10.9. The van der Waals surface area contributed by atoms with Gasteiger partial charge in [0.05, 0.1) is 6.10 Å². The molecular weight excluding hydrogens is 376 g/mol. The summed E-state index contributed by atoms with van der Waals surface area (Å²) in [5.41, 5.74) is 1.71. The summed E-state index contributed by atoms with van der Waals surface area (Å²) >= 11 is 0. The van der Waals surface area contributed by atoms with Crippen molar-refractivity contribution in [3.05, 3.63) is 12.2 Å². The normalized spacial score (nSPS) is 60.4. The molecule has 11 atom stereocenters. The quantitative estimate of drug-likeness (QED) is 0.390. The van der Waals surface area contributed by atoms with Crippen molar-refractivity contribution in [3.8, 4) is 0 Å². The molecule has 0 aromatic carbocycles. The van der Waals surface area contributed by atoms with Gasteiger partial charge in [-0.05, 0) is 114 Å². The molecule has 5 aliphatic carbocycles. The largest absolute Gasteiger partial charge is 0.393 e. The van der Waals surface area contributed by atoms with Crippen LogP contribution in [0.2, 0.25) is 0 Å². The molecular formula is C30H50O. The molecule has 5 aliphatic rings. The topological polar surface area (TPSA) is 20.2 Å². The van der Waals surface area contributed by atoms with E-state index in [0.29, 0.717) is 33.5 Å². The van der Waals surface area contributed by atoms with Crippen molar-refractivity contribution < 1.29 is 5.11 Å². The lowest BCUT2D eigenvalue weighted by Gasteiger charge is -2.72. The Bertz CT molecular complexity index is 766. The van der Waals surface area contributed by atoms with Crippen LogP contribution in [0.1, 0.15) is 107 Å². The maximum absolute atomic E-state index is 10.9. The van der Waals surface area contributed by atoms with E-state index in [4.69, 9.17) is 0 Å². The zero-order chi connectivity index (χ0) is 22.6. The second kappa shape index (κ2) is 6.64. The maximum Gasteiger partial charge on any atom is 0.0594 e. The van der Waals surface area contributed by atoms with Crippen molar-refractivity contribution in [2.75, 3.05) is 0 Å². The molecule has 1 N–H and O–H groups in total. The van der Waals surface area contributed by atoms with E-state index in [-0.39, 0.29) is 11.5 Å². The van der Waals surface area contributed by atoms with Gasteiger partial charge in [-0.15, -0.1) is 0 Å². The van der Waals surface area contributed by atoms with Crippen LogP contribution < -0.4 is 0 Å². The molecule has 4 fully saturated rings. The molecule has 4 saturated carbocycles. The first kappa shape index (κ1) is 22.5.